The first-order chi connectivity index (χ1) is 12.5. The van der Waals surface area contributed by atoms with E-state index >= 15 is 0 Å². The van der Waals surface area contributed by atoms with Crippen LogP contribution in [0.5, 0.6) is 0 Å². The van der Waals surface area contributed by atoms with Crippen molar-refractivity contribution in [2.24, 2.45) is 0 Å². The van der Waals surface area contributed by atoms with Crippen LogP contribution < -0.4 is 10.6 Å². The van der Waals surface area contributed by atoms with Gasteiger partial charge in [0, 0.05) is 36.5 Å². The predicted molar refractivity (Wildman–Crippen MR) is 97.1 cm³/mol. The average Bonchev–Trinajstić information content (AvgIpc) is 3.36. The lowest BCUT2D eigenvalue weighted by molar-refractivity contribution is 0.0914. The zero-order valence-corrected chi connectivity index (χ0v) is 15.8. The Labute approximate surface area is 154 Å². The number of sulfonamides is 1. The van der Waals surface area contributed by atoms with Crippen molar-refractivity contribution in [3.05, 3.63) is 29.0 Å². The molecule has 0 atom stereocenters. The van der Waals surface area contributed by atoms with Gasteiger partial charge in [0.15, 0.2) is 5.69 Å². The minimum absolute atomic E-state index is 0.0525. The quantitative estimate of drug-likeness (QED) is 0.655. The van der Waals surface area contributed by atoms with Crippen LogP contribution in [0.2, 0.25) is 0 Å². The van der Waals surface area contributed by atoms with E-state index < -0.39 is 10.0 Å². The van der Waals surface area contributed by atoms with Crippen molar-refractivity contribution in [1.82, 2.24) is 20.1 Å². The third kappa shape index (κ3) is 4.93. The number of hydrogen-bond acceptors (Lipinski definition) is 6. The van der Waals surface area contributed by atoms with Gasteiger partial charge in [-0.1, -0.05) is 11.2 Å². The zero-order valence-electron chi connectivity index (χ0n) is 15.0. The molecule has 1 aliphatic heterocycles. The highest BCUT2D eigenvalue weighted by atomic mass is 32.2. The number of nitrogens with zero attached hydrogens (tertiary/aromatic N) is 2. The molecule has 26 heavy (non-hydrogen) atoms. The number of carbonyl (C=O) groups excluding carboxylic acids is 1. The molecule has 1 aromatic heterocycles. The summed E-state index contributed by atoms with van der Waals surface area (Å²) in [6.07, 6.45) is 5.69. The van der Waals surface area contributed by atoms with Gasteiger partial charge < -0.3 is 15.2 Å². The van der Waals surface area contributed by atoms with Crippen molar-refractivity contribution in [2.45, 2.75) is 44.1 Å². The van der Waals surface area contributed by atoms with Crippen LogP contribution in [-0.2, 0) is 10.0 Å². The smallest absolute Gasteiger partial charge is 0.273 e. The molecule has 2 fully saturated rings. The van der Waals surface area contributed by atoms with Crippen molar-refractivity contribution < 1.29 is 17.7 Å². The first kappa shape index (κ1) is 19.1. The number of rotatable bonds is 8. The van der Waals surface area contributed by atoms with Crippen LogP contribution >= 0.6 is 0 Å². The van der Waals surface area contributed by atoms with Crippen LogP contribution in [0.3, 0.4) is 0 Å². The van der Waals surface area contributed by atoms with Crippen molar-refractivity contribution in [2.75, 3.05) is 26.7 Å². The van der Waals surface area contributed by atoms with E-state index in [2.05, 4.69) is 15.8 Å². The molecule has 8 nitrogen and oxygen atoms in total. The molecule has 1 amide bonds. The first-order valence-corrected chi connectivity index (χ1v) is 10.6. The molecule has 2 heterocycles. The minimum atomic E-state index is -3.38. The van der Waals surface area contributed by atoms with Gasteiger partial charge in [0.1, 0.15) is 5.76 Å². The molecule has 1 saturated carbocycles. The summed E-state index contributed by atoms with van der Waals surface area (Å²) < 4.78 is 31.2. The van der Waals surface area contributed by atoms with Gasteiger partial charge in [0.05, 0.1) is 0 Å². The van der Waals surface area contributed by atoms with Crippen molar-refractivity contribution in [3.63, 3.8) is 0 Å². The third-order valence-electron chi connectivity index (χ3n) is 4.72. The van der Waals surface area contributed by atoms with E-state index in [1.54, 1.807) is 12.1 Å². The topological polar surface area (TPSA) is 105 Å². The van der Waals surface area contributed by atoms with E-state index in [1.807, 2.05) is 7.05 Å². The predicted octanol–water partition coefficient (Wildman–Crippen LogP) is 1.20. The van der Waals surface area contributed by atoms with Crippen molar-refractivity contribution in [1.29, 1.82) is 0 Å². The van der Waals surface area contributed by atoms with Gasteiger partial charge in [0.2, 0.25) is 10.0 Å². The van der Waals surface area contributed by atoms with Gasteiger partial charge >= 0.3 is 0 Å². The second-order valence-corrected chi connectivity index (χ2v) is 8.66. The van der Waals surface area contributed by atoms with Gasteiger partial charge in [-0.05, 0) is 45.7 Å². The molecular weight excluding hydrogens is 356 g/mol. The second-order valence-electron chi connectivity index (χ2n) is 6.84. The molecule has 144 valence electrons. The Morgan fingerprint density at radius 1 is 1.35 bits per heavy atom. The summed E-state index contributed by atoms with van der Waals surface area (Å²) in [6, 6.07) is 1.66. The van der Waals surface area contributed by atoms with Crippen LogP contribution in [0.4, 0.5) is 0 Å². The number of piperidine rings is 1. The summed E-state index contributed by atoms with van der Waals surface area (Å²) >= 11 is 0. The molecule has 0 unspecified atom stereocenters. The largest absolute Gasteiger partial charge is 0.360 e. The lowest BCUT2D eigenvalue weighted by Gasteiger charge is -2.30. The number of carbonyl (C=O) groups is 1. The summed E-state index contributed by atoms with van der Waals surface area (Å²) in [6.45, 7) is 1.54. The molecule has 3 rings (SSSR count). The zero-order chi connectivity index (χ0) is 18.6. The molecule has 0 aromatic carbocycles. The van der Waals surface area contributed by atoms with Crippen LogP contribution in [-0.4, -0.2) is 56.5 Å². The molecule has 1 aliphatic carbocycles. The van der Waals surface area contributed by atoms with E-state index in [-0.39, 0.29) is 11.9 Å². The Balaban J connectivity index is 1.46. The second kappa shape index (κ2) is 8.32. The lowest BCUT2D eigenvalue weighted by Crippen LogP contribution is -2.46. The highest BCUT2D eigenvalue weighted by Gasteiger charge is 2.30. The first-order valence-electron chi connectivity index (χ1n) is 9.08. The van der Waals surface area contributed by atoms with E-state index in [9.17, 15) is 13.2 Å². The van der Waals surface area contributed by atoms with Crippen LogP contribution in [0.25, 0.3) is 0 Å². The minimum Gasteiger partial charge on any atom is -0.360 e. The average molecular weight is 382 g/mol. The Morgan fingerprint density at radius 3 is 2.73 bits per heavy atom. The molecular formula is C17H26N4O4S. The molecule has 2 aliphatic rings. The lowest BCUT2D eigenvalue weighted by atomic mass is 10.1. The number of hydrogen-bond donors (Lipinski definition) is 2. The van der Waals surface area contributed by atoms with Gasteiger partial charge in [-0.15, -0.1) is 0 Å². The maximum absolute atomic E-state index is 12.3. The molecule has 0 bridgehead atoms. The monoisotopic (exact) mass is 382 g/mol. The fraction of sp³-hybridized carbons (Fsp3) is 0.647. The number of nitrogens with one attached hydrogen (secondary N) is 2. The summed E-state index contributed by atoms with van der Waals surface area (Å²) in [4.78, 5) is 12.3. The van der Waals surface area contributed by atoms with Crippen LogP contribution in [0.15, 0.2) is 22.1 Å². The summed E-state index contributed by atoms with van der Waals surface area (Å²) in [5.74, 6) is 0.939. The van der Waals surface area contributed by atoms with Crippen LogP contribution in [0.1, 0.15) is 54.3 Å². The summed E-state index contributed by atoms with van der Waals surface area (Å²) in [5.41, 5.74) is 0.300. The van der Waals surface area contributed by atoms with Crippen molar-refractivity contribution in [3.8, 4) is 0 Å². The highest BCUT2D eigenvalue weighted by molar-refractivity contribution is 7.92. The van der Waals surface area contributed by atoms with E-state index in [1.165, 1.54) is 9.71 Å². The number of amides is 1. The Kier molecular flexibility index (Phi) is 6.10. The highest BCUT2D eigenvalue weighted by Crippen LogP contribution is 2.40. The van der Waals surface area contributed by atoms with E-state index in [0.717, 1.165) is 25.1 Å². The maximum atomic E-state index is 12.3. The Bertz CT molecular complexity index is 747. The Morgan fingerprint density at radius 2 is 2.08 bits per heavy atom. The molecule has 9 heteroatoms. The van der Waals surface area contributed by atoms with Crippen LogP contribution in [0, 0.1) is 0 Å². The molecule has 2 N–H and O–H groups in total. The molecule has 0 radical (unpaired) electrons. The molecule has 0 spiro atoms. The fourth-order valence-corrected chi connectivity index (χ4v) is 4.25. The summed E-state index contributed by atoms with van der Waals surface area (Å²) in [7, 11) is -1.56. The Hall–Kier alpha value is -1.71. The maximum Gasteiger partial charge on any atom is 0.273 e. The standard InChI is InChI=1S/C17H26N4O4S/c1-18-8-2-3-11-26(23,24)21-9-6-14(7-10-21)19-17(22)15-12-16(25-20-15)13-4-5-13/h3,11-14,18H,2,4-10H2,1H3,(H,19,22). The third-order valence-corrected chi connectivity index (χ3v) is 6.34. The molecule has 1 saturated heterocycles. The fourth-order valence-electron chi connectivity index (χ4n) is 2.97. The van der Waals surface area contributed by atoms with Crippen molar-refractivity contribution >= 4 is 15.9 Å². The van der Waals surface area contributed by atoms with Gasteiger partial charge in [0.25, 0.3) is 5.91 Å². The molecule has 1 aromatic rings. The van der Waals surface area contributed by atoms with E-state index in [0.29, 0.717) is 44.0 Å². The van der Waals surface area contributed by atoms with Gasteiger partial charge in [-0.2, -0.15) is 4.31 Å². The SMILES string of the molecule is CNCCC=CS(=O)(=O)N1CCC(NC(=O)c2cc(C3CC3)on2)CC1. The summed E-state index contributed by atoms with van der Waals surface area (Å²) in [5, 5.41) is 11.0. The number of aromatic nitrogens is 1. The van der Waals surface area contributed by atoms with E-state index in [4.69, 9.17) is 4.52 Å². The normalized spacial score (nSPS) is 19.9. The van der Waals surface area contributed by atoms with Gasteiger partial charge in [-0.3, -0.25) is 4.79 Å². The van der Waals surface area contributed by atoms with Gasteiger partial charge in [-0.25, -0.2) is 8.42 Å².